The Labute approximate surface area is 155 Å². The van der Waals surface area contributed by atoms with Crippen LogP contribution in [0.3, 0.4) is 0 Å². The molecule has 0 unspecified atom stereocenters. The van der Waals surface area contributed by atoms with Crippen molar-refractivity contribution in [3.05, 3.63) is 48.6 Å². The lowest BCUT2D eigenvalue weighted by Gasteiger charge is -2.06. The van der Waals surface area contributed by atoms with Crippen LogP contribution in [0.25, 0.3) is 5.57 Å². The summed E-state index contributed by atoms with van der Waals surface area (Å²) < 4.78 is 39.0. The number of nitrogen functional groups attached to an aromatic ring is 1. The predicted octanol–water partition coefficient (Wildman–Crippen LogP) is 2.87. The third kappa shape index (κ3) is 10.4. The quantitative estimate of drug-likeness (QED) is 0.323. The van der Waals surface area contributed by atoms with E-state index < -0.39 is 17.9 Å². The van der Waals surface area contributed by atoms with Gasteiger partial charge in [-0.1, -0.05) is 12.7 Å². The standard InChI is InChI=1S/C13H16N4O2.C4H5F3O/c1-3-10(11-4-7-15-13(14)16-11)5-8-17(2)9-6-12(18)19;1-3(8-2)4(5,6)7/h3-5,7-8H,2,6,9H2,1H3,(H2-,14,15,16,18,19);1H2,2H3/p+1/b8-5-,10-3+;. The van der Waals surface area contributed by atoms with Gasteiger partial charge in [0.25, 0.3) is 0 Å². The zero-order chi connectivity index (χ0) is 21.0. The molecule has 148 valence electrons. The summed E-state index contributed by atoms with van der Waals surface area (Å²) in [6.07, 6.45) is 2.60. The van der Waals surface area contributed by atoms with Gasteiger partial charge in [-0.3, -0.25) is 4.79 Å². The van der Waals surface area contributed by atoms with Crippen LogP contribution in [0.2, 0.25) is 0 Å². The number of nitrogens with zero attached hydrogens (tertiary/aromatic N) is 3. The normalized spacial score (nSPS) is 11.5. The fraction of sp³-hybridized carbons (Fsp3) is 0.294. The van der Waals surface area contributed by atoms with Crippen molar-refractivity contribution in [2.45, 2.75) is 19.5 Å². The number of rotatable bonds is 7. The number of anilines is 1. The summed E-state index contributed by atoms with van der Waals surface area (Å²) in [5.41, 5.74) is 7.09. The SMILES string of the molecule is C=C(OC)C(F)(F)F.C=[N+](/C=C\C(=C/C)c1ccnc(N)n1)CCC(=O)O. The van der Waals surface area contributed by atoms with Gasteiger partial charge in [0.2, 0.25) is 5.95 Å². The number of aromatic nitrogens is 2. The first-order valence-corrected chi connectivity index (χ1v) is 7.53. The molecular weight excluding hydrogens is 365 g/mol. The van der Waals surface area contributed by atoms with Crippen molar-refractivity contribution in [2.24, 2.45) is 0 Å². The van der Waals surface area contributed by atoms with Crippen molar-refractivity contribution in [3.8, 4) is 0 Å². The molecule has 0 bridgehead atoms. The molecule has 0 aliphatic heterocycles. The van der Waals surface area contributed by atoms with Gasteiger partial charge in [0.1, 0.15) is 13.1 Å². The number of hydrogen-bond acceptors (Lipinski definition) is 5. The Morgan fingerprint density at radius 3 is 2.52 bits per heavy atom. The van der Waals surface area contributed by atoms with E-state index in [1.165, 1.54) is 0 Å². The summed E-state index contributed by atoms with van der Waals surface area (Å²) in [6.45, 7) is 8.54. The van der Waals surface area contributed by atoms with Gasteiger partial charge in [-0.05, 0) is 13.0 Å². The van der Waals surface area contributed by atoms with E-state index >= 15 is 0 Å². The van der Waals surface area contributed by atoms with Gasteiger partial charge >= 0.3 is 12.1 Å². The third-order valence-electron chi connectivity index (χ3n) is 2.92. The summed E-state index contributed by atoms with van der Waals surface area (Å²) in [4.78, 5) is 18.4. The second kappa shape index (κ2) is 11.4. The monoisotopic (exact) mass is 387 g/mol. The molecule has 10 heteroatoms. The predicted molar refractivity (Wildman–Crippen MR) is 95.9 cm³/mol. The Balaban J connectivity index is 0.000000713. The summed E-state index contributed by atoms with van der Waals surface area (Å²) in [6, 6.07) is 1.75. The highest BCUT2D eigenvalue weighted by atomic mass is 19.4. The maximum atomic E-state index is 11.2. The fourth-order valence-electron chi connectivity index (χ4n) is 1.48. The number of alkyl halides is 3. The average molecular weight is 387 g/mol. The average Bonchev–Trinajstić information content (AvgIpc) is 2.59. The molecular formula is C17H22F3N4O3+. The molecule has 1 heterocycles. The number of aliphatic carboxylic acids is 1. The molecule has 1 aromatic rings. The number of methoxy groups -OCH3 is 1. The van der Waals surface area contributed by atoms with Crippen LogP contribution in [0, 0.1) is 0 Å². The topological polar surface area (TPSA) is 101 Å². The van der Waals surface area contributed by atoms with Crippen LogP contribution in [-0.2, 0) is 9.53 Å². The van der Waals surface area contributed by atoms with E-state index in [-0.39, 0.29) is 12.4 Å². The molecule has 0 amide bonds. The van der Waals surface area contributed by atoms with Crippen LogP contribution < -0.4 is 5.73 Å². The van der Waals surface area contributed by atoms with Gasteiger partial charge in [0.15, 0.2) is 18.5 Å². The van der Waals surface area contributed by atoms with Crippen molar-refractivity contribution in [1.82, 2.24) is 9.97 Å². The number of nitrogens with two attached hydrogens (primary N) is 1. The molecule has 0 aliphatic carbocycles. The van der Waals surface area contributed by atoms with Crippen molar-refractivity contribution in [2.75, 3.05) is 19.4 Å². The second-order valence-corrected chi connectivity index (χ2v) is 4.94. The van der Waals surface area contributed by atoms with E-state index in [0.29, 0.717) is 12.2 Å². The third-order valence-corrected chi connectivity index (χ3v) is 2.92. The van der Waals surface area contributed by atoms with Crippen LogP contribution in [0.5, 0.6) is 0 Å². The number of carboxylic acids is 1. The van der Waals surface area contributed by atoms with E-state index in [0.717, 1.165) is 12.7 Å². The summed E-state index contributed by atoms with van der Waals surface area (Å²) in [7, 11) is 0.926. The van der Waals surface area contributed by atoms with E-state index in [2.05, 4.69) is 28.0 Å². The summed E-state index contributed by atoms with van der Waals surface area (Å²) in [5, 5.41) is 8.57. The van der Waals surface area contributed by atoms with Gasteiger partial charge < -0.3 is 15.6 Å². The number of carboxylic acid groups (broad SMARTS) is 1. The lowest BCUT2D eigenvalue weighted by molar-refractivity contribution is -0.446. The molecule has 27 heavy (non-hydrogen) atoms. The summed E-state index contributed by atoms with van der Waals surface area (Å²) in [5.74, 6) is -1.81. The Morgan fingerprint density at radius 1 is 1.48 bits per heavy atom. The Morgan fingerprint density at radius 2 is 2.11 bits per heavy atom. The first-order valence-electron chi connectivity index (χ1n) is 7.53. The second-order valence-electron chi connectivity index (χ2n) is 4.94. The first-order chi connectivity index (χ1) is 12.5. The first kappa shape index (κ1) is 23.8. The lowest BCUT2D eigenvalue weighted by Crippen LogP contribution is -2.11. The summed E-state index contributed by atoms with van der Waals surface area (Å²) >= 11 is 0. The minimum absolute atomic E-state index is 0.0411. The zero-order valence-electron chi connectivity index (χ0n) is 15.0. The van der Waals surface area contributed by atoms with Crippen LogP contribution in [0.15, 0.2) is 43.0 Å². The highest BCUT2D eigenvalue weighted by molar-refractivity contribution is 5.71. The van der Waals surface area contributed by atoms with Crippen LogP contribution >= 0.6 is 0 Å². The van der Waals surface area contributed by atoms with Crippen LogP contribution in [0.1, 0.15) is 19.0 Å². The van der Waals surface area contributed by atoms with E-state index in [9.17, 15) is 18.0 Å². The molecule has 0 saturated carbocycles. The molecule has 0 saturated heterocycles. The molecule has 1 rings (SSSR count). The number of carbonyl (C=O) groups is 1. The Kier molecular flexibility index (Phi) is 10.1. The number of halogens is 3. The number of allylic oxidation sites excluding steroid dienone is 4. The van der Waals surface area contributed by atoms with Crippen molar-refractivity contribution >= 4 is 24.2 Å². The smallest absolute Gasteiger partial charge is 0.448 e. The fourth-order valence-corrected chi connectivity index (χ4v) is 1.48. The van der Waals surface area contributed by atoms with Gasteiger partial charge in [0, 0.05) is 17.8 Å². The Bertz CT molecular complexity index is 728. The molecule has 0 aliphatic rings. The van der Waals surface area contributed by atoms with Crippen molar-refractivity contribution in [1.29, 1.82) is 0 Å². The maximum absolute atomic E-state index is 11.2. The van der Waals surface area contributed by atoms with Crippen molar-refractivity contribution in [3.63, 3.8) is 0 Å². The molecule has 0 spiro atoms. The number of hydrogen-bond donors (Lipinski definition) is 2. The minimum Gasteiger partial charge on any atom is -0.493 e. The molecule has 0 atom stereocenters. The highest BCUT2D eigenvalue weighted by Crippen LogP contribution is 2.23. The van der Waals surface area contributed by atoms with Crippen molar-refractivity contribution < 1.29 is 32.4 Å². The molecule has 0 fully saturated rings. The van der Waals surface area contributed by atoms with Crippen LogP contribution in [-0.4, -0.2) is 52.2 Å². The van der Waals surface area contributed by atoms with E-state index in [1.54, 1.807) is 29.1 Å². The van der Waals surface area contributed by atoms with Gasteiger partial charge in [-0.15, -0.1) is 0 Å². The van der Waals surface area contributed by atoms with E-state index in [1.807, 2.05) is 13.0 Å². The largest absolute Gasteiger partial charge is 0.493 e. The molecule has 0 aromatic carbocycles. The minimum atomic E-state index is -4.41. The lowest BCUT2D eigenvalue weighted by atomic mass is 10.1. The maximum Gasteiger partial charge on any atom is 0.448 e. The highest BCUT2D eigenvalue weighted by Gasteiger charge is 2.33. The Hall–Kier alpha value is -3.17. The molecule has 1 aromatic heterocycles. The number of ether oxygens (including phenoxy) is 1. The van der Waals surface area contributed by atoms with Gasteiger partial charge in [0.05, 0.1) is 12.8 Å². The van der Waals surface area contributed by atoms with Gasteiger partial charge in [-0.25, -0.2) is 14.5 Å². The van der Waals surface area contributed by atoms with Gasteiger partial charge in [-0.2, -0.15) is 13.2 Å². The van der Waals surface area contributed by atoms with E-state index in [4.69, 9.17) is 10.8 Å². The molecule has 3 N–H and O–H groups in total. The van der Waals surface area contributed by atoms with Crippen LogP contribution in [0.4, 0.5) is 19.1 Å². The molecule has 0 radical (unpaired) electrons. The molecule has 7 nitrogen and oxygen atoms in total. The zero-order valence-corrected chi connectivity index (χ0v) is 15.0.